The molecule has 1 N–H and O–H groups in total. The summed E-state index contributed by atoms with van der Waals surface area (Å²) in [6.45, 7) is 8.39. The van der Waals surface area contributed by atoms with Crippen LogP contribution < -0.4 is 10.2 Å². The van der Waals surface area contributed by atoms with Crippen LogP contribution in [0.1, 0.15) is 36.8 Å². The van der Waals surface area contributed by atoms with Crippen LogP contribution in [-0.2, 0) is 11.3 Å². The molecule has 2 aliphatic heterocycles. The number of hydrogen-bond acceptors (Lipinski definition) is 5. The molecule has 0 spiro atoms. The van der Waals surface area contributed by atoms with Crippen LogP contribution in [0, 0.1) is 6.92 Å². The number of hydrogen-bond donors (Lipinski definition) is 1. The minimum atomic E-state index is 0.435. The molecule has 2 unspecified atom stereocenters. The smallest absolute Gasteiger partial charge is 0.185 e. The van der Waals surface area contributed by atoms with Gasteiger partial charge < -0.3 is 15.0 Å². The Kier molecular flexibility index (Phi) is 4.05. The van der Waals surface area contributed by atoms with Crippen molar-refractivity contribution in [1.29, 1.82) is 0 Å². The fourth-order valence-electron chi connectivity index (χ4n) is 2.86. The van der Waals surface area contributed by atoms with Gasteiger partial charge in [0.15, 0.2) is 5.13 Å². The molecule has 2 fully saturated rings. The second-order valence-corrected chi connectivity index (χ2v) is 6.61. The Morgan fingerprint density at radius 3 is 2.79 bits per heavy atom. The molecule has 1 aromatic rings. The predicted octanol–water partition coefficient (Wildman–Crippen LogP) is 2.32. The summed E-state index contributed by atoms with van der Waals surface area (Å²) in [5.41, 5.74) is 1.18. The molecule has 5 heteroatoms. The van der Waals surface area contributed by atoms with E-state index in [1.54, 1.807) is 0 Å². The normalized spacial score (nSPS) is 26.1. The molecule has 3 heterocycles. The van der Waals surface area contributed by atoms with E-state index in [1.807, 2.05) is 11.3 Å². The van der Waals surface area contributed by atoms with Crippen molar-refractivity contribution in [2.45, 2.75) is 51.9 Å². The Morgan fingerprint density at radius 2 is 2.11 bits per heavy atom. The molecule has 106 valence electrons. The van der Waals surface area contributed by atoms with E-state index in [1.165, 1.54) is 35.0 Å². The standard InChI is InChI=1S/C14H23N3OS/c1-3-6-15-7-13-10(2)16-14(19-13)17-8-11-4-5-12(9-17)18-11/h11-12,15H,3-9H2,1-2H3. The highest BCUT2D eigenvalue weighted by Gasteiger charge is 2.34. The number of aromatic nitrogens is 1. The first-order valence-corrected chi connectivity index (χ1v) is 8.15. The number of ether oxygens (including phenoxy) is 1. The zero-order valence-corrected chi connectivity index (χ0v) is 12.6. The Balaban J connectivity index is 1.66. The van der Waals surface area contributed by atoms with Gasteiger partial charge in [0.1, 0.15) is 0 Å². The molecule has 0 aromatic carbocycles. The summed E-state index contributed by atoms with van der Waals surface area (Å²) in [6, 6.07) is 0. The first-order chi connectivity index (χ1) is 9.26. The highest BCUT2D eigenvalue weighted by molar-refractivity contribution is 7.15. The summed E-state index contributed by atoms with van der Waals surface area (Å²) < 4.78 is 5.89. The van der Waals surface area contributed by atoms with Crippen molar-refractivity contribution in [3.63, 3.8) is 0 Å². The molecule has 3 rings (SSSR count). The van der Waals surface area contributed by atoms with Crippen LogP contribution in [0.5, 0.6) is 0 Å². The highest BCUT2D eigenvalue weighted by atomic mass is 32.1. The van der Waals surface area contributed by atoms with Gasteiger partial charge in [-0.15, -0.1) is 11.3 Å². The van der Waals surface area contributed by atoms with E-state index < -0.39 is 0 Å². The van der Waals surface area contributed by atoms with Crippen molar-refractivity contribution in [3.05, 3.63) is 10.6 Å². The van der Waals surface area contributed by atoms with Gasteiger partial charge in [-0.25, -0.2) is 4.98 Å². The van der Waals surface area contributed by atoms with Crippen molar-refractivity contribution >= 4 is 16.5 Å². The van der Waals surface area contributed by atoms with E-state index in [-0.39, 0.29) is 0 Å². The third-order valence-corrected chi connectivity index (χ3v) is 5.13. The molecule has 2 bridgehead atoms. The van der Waals surface area contributed by atoms with Crippen LogP contribution in [0.3, 0.4) is 0 Å². The molecule has 4 nitrogen and oxygen atoms in total. The minimum absolute atomic E-state index is 0.435. The number of nitrogens with one attached hydrogen (secondary N) is 1. The monoisotopic (exact) mass is 281 g/mol. The molecule has 0 radical (unpaired) electrons. The van der Waals surface area contributed by atoms with Crippen LogP contribution in [0.4, 0.5) is 5.13 Å². The van der Waals surface area contributed by atoms with Crippen LogP contribution >= 0.6 is 11.3 Å². The zero-order valence-electron chi connectivity index (χ0n) is 11.8. The van der Waals surface area contributed by atoms with E-state index in [4.69, 9.17) is 9.72 Å². The molecule has 0 amide bonds. The van der Waals surface area contributed by atoms with Gasteiger partial charge in [0, 0.05) is 24.5 Å². The number of thiazole rings is 1. The van der Waals surface area contributed by atoms with Crippen molar-refractivity contribution in [3.8, 4) is 0 Å². The van der Waals surface area contributed by atoms with E-state index in [0.717, 1.165) is 26.2 Å². The summed E-state index contributed by atoms with van der Waals surface area (Å²) in [5, 5.41) is 4.65. The average Bonchev–Trinajstić information content (AvgIpc) is 2.93. The minimum Gasteiger partial charge on any atom is -0.371 e. The Labute approximate surface area is 119 Å². The van der Waals surface area contributed by atoms with Crippen LogP contribution in [0.2, 0.25) is 0 Å². The van der Waals surface area contributed by atoms with E-state index >= 15 is 0 Å². The lowest BCUT2D eigenvalue weighted by atomic mass is 10.2. The number of nitrogens with zero attached hydrogens (tertiary/aromatic N) is 2. The van der Waals surface area contributed by atoms with Crippen molar-refractivity contribution in [2.24, 2.45) is 0 Å². The molecule has 19 heavy (non-hydrogen) atoms. The zero-order chi connectivity index (χ0) is 13.2. The second-order valence-electron chi connectivity index (χ2n) is 5.54. The van der Waals surface area contributed by atoms with Gasteiger partial charge in [0.05, 0.1) is 17.9 Å². The number of aryl methyl sites for hydroxylation is 1. The third kappa shape index (κ3) is 2.93. The topological polar surface area (TPSA) is 37.4 Å². The average molecular weight is 281 g/mol. The second kappa shape index (κ2) is 5.77. The molecule has 2 atom stereocenters. The summed E-state index contributed by atoms with van der Waals surface area (Å²) in [7, 11) is 0. The Morgan fingerprint density at radius 1 is 1.37 bits per heavy atom. The first-order valence-electron chi connectivity index (χ1n) is 7.33. The Bertz CT molecular complexity index is 422. The van der Waals surface area contributed by atoms with Gasteiger partial charge >= 0.3 is 0 Å². The van der Waals surface area contributed by atoms with E-state index in [9.17, 15) is 0 Å². The summed E-state index contributed by atoms with van der Waals surface area (Å²) in [6.07, 6.45) is 4.49. The maximum Gasteiger partial charge on any atom is 0.185 e. The summed E-state index contributed by atoms with van der Waals surface area (Å²) in [4.78, 5) is 8.56. The van der Waals surface area contributed by atoms with Crippen LogP contribution in [0.25, 0.3) is 0 Å². The van der Waals surface area contributed by atoms with Gasteiger partial charge in [0.2, 0.25) is 0 Å². The van der Waals surface area contributed by atoms with E-state index in [2.05, 4.69) is 24.1 Å². The summed E-state index contributed by atoms with van der Waals surface area (Å²) in [5.74, 6) is 0. The number of morpholine rings is 1. The van der Waals surface area contributed by atoms with Crippen LogP contribution in [-0.4, -0.2) is 36.8 Å². The SMILES string of the molecule is CCCNCc1sc(N2CC3CCC(C2)O3)nc1C. The van der Waals surface area contributed by atoms with Crippen molar-refractivity contribution in [1.82, 2.24) is 10.3 Å². The Hall–Kier alpha value is -0.650. The van der Waals surface area contributed by atoms with Gasteiger partial charge in [-0.05, 0) is 32.7 Å². The largest absolute Gasteiger partial charge is 0.371 e. The highest BCUT2D eigenvalue weighted by Crippen LogP contribution is 2.33. The lowest BCUT2D eigenvalue weighted by Gasteiger charge is -2.31. The van der Waals surface area contributed by atoms with Crippen molar-refractivity contribution in [2.75, 3.05) is 24.5 Å². The van der Waals surface area contributed by atoms with Crippen molar-refractivity contribution < 1.29 is 4.74 Å². The molecule has 2 saturated heterocycles. The lowest BCUT2D eigenvalue weighted by molar-refractivity contribution is 0.0305. The van der Waals surface area contributed by atoms with Gasteiger partial charge in [-0.2, -0.15) is 0 Å². The predicted molar refractivity (Wildman–Crippen MR) is 79.0 cm³/mol. The first kappa shape index (κ1) is 13.3. The maximum absolute atomic E-state index is 5.89. The number of fused-ring (bicyclic) bond motifs is 2. The fraction of sp³-hybridized carbons (Fsp3) is 0.786. The lowest BCUT2D eigenvalue weighted by Crippen LogP contribution is -2.42. The van der Waals surface area contributed by atoms with Crippen LogP contribution in [0.15, 0.2) is 0 Å². The maximum atomic E-state index is 5.89. The quantitative estimate of drug-likeness (QED) is 0.841. The van der Waals surface area contributed by atoms with Gasteiger partial charge in [-0.3, -0.25) is 0 Å². The van der Waals surface area contributed by atoms with E-state index in [0.29, 0.717) is 12.2 Å². The third-order valence-electron chi connectivity index (χ3n) is 3.91. The number of rotatable bonds is 5. The molecule has 1 aromatic heterocycles. The number of anilines is 1. The van der Waals surface area contributed by atoms with Gasteiger partial charge in [-0.1, -0.05) is 6.92 Å². The summed E-state index contributed by atoms with van der Waals surface area (Å²) >= 11 is 1.85. The van der Waals surface area contributed by atoms with Gasteiger partial charge in [0.25, 0.3) is 0 Å². The molecular weight excluding hydrogens is 258 g/mol. The molecule has 2 aliphatic rings. The molecular formula is C14H23N3OS. The molecule has 0 aliphatic carbocycles. The fourth-order valence-corrected chi connectivity index (χ4v) is 3.91. The molecule has 0 saturated carbocycles.